The monoisotopic (exact) mass is 370 g/mol. The van der Waals surface area contributed by atoms with Crippen LogP contribution in [0.4, 0.5) is 0 Å². The molecule has 6 atom stereocenters. The van der Waals surface area contributed by atoms with Gasteiger partial charge in [0, 0.05) is 26.0 Å². The van der Waals surface area contributed by atoms with Crippen LogP contribution in [0.5, 0.6) is 0 Å². The van der Waals surface area contributed by atoms with Crippen LogP contribution in [-0.2, 0) is 34.7 Å². The minimum absolute atomic E-state index is 0.209. The van der Waals surface area contributed by atoms with Crippen molar-refractivity contribution in [2.75, 3.05) is 20.8 Å². The van der Waals surface area contributed by atoms with E-state index >= 15 is 0 Å². The van der Waals surface area contributed by atoms with Gasteiger partial charge >= 0.3 is 14.3 Å². The summed E-state index contributed by atoms with van der Waals surface area (Å²) in [5.74, 6) is 0.354. The topological polar surface area (TPSA) is 94.5 Å². The Bertz CT molecular complexity index is 489. The zero-order chi connectivity index (χ0) is 17.0. The minimum Gasteiger partial charge on any atom is -0.379 e. The normalized spacial score (nSPS) is 34.6. The van der Waals surface area contributed by atoms with E-state index in [2.05, 4.69) is 4.52 Å². The Morgan fingerprint density at radius 3 is 2.50 bits per heavy atom. The Kier molecular flexibility index (Phi) is 7.93. The van der Waals surface area contributed by atoms with Gasteiger partial charge in [0.15, 0.2) is 0 Å². The highest BCUT2D eigenvalue weighted by Crippen LogP contribution is 2.52. The Morgan fingerprint density at radius 2 is 2.00 bits per heavy atom. The van der Waals surface area contributed by atoms with Gasteiger partial charge in [0.25, 0.3) is 0 Å². The highest BCUT2D eigenvalue weighted by Gasteiger charge is 2.43. The van der Waals surface area contributed by atoms with Gasteiger partial charge < -0.3 is 28.1 Å². The third-order valence-electron chi connectivity index (χ3n) is 3.31. The lowest BCUT2D eigenvalue weighted by Crippen LogP contribution is -2.30. The van der Waals surface area contributed by atoms with E-state index in [-0.39, 0.29) is 18.3 Å². The van der Waals surface area contributed by atoms with Crippen LogP contribution < -0.4 is 0 Å². The maximum Gasteiger partial charge on any atom is 0.351 e. The number of hydrogen-bond acceptors (Lipinski definition) is 6. The van der Waals surface area contributed by atoms with Gasteiger partial charge in [-0.2, -0.15) is 0 Å². The fourth-order valence-electron chi connectivity index (χ4n) is 2.33. The Hall–Kier alpha value is 0.445. The van der Waals surface area contributed by atoms with E-state index in [1.807, 2.05) is 0 Å². The van der Waals surface area contributed by atoms with Gasteiger partial charge in [0.2, 0.25) is 0 Å². The van der Waals surface area contributed by atoms with E-state index in [4.69, 9.17) is 33.4 Å². The van der Waals surface area contributed by atoms with Crippen molar-refractivity contribution < 1.29 is 32.7 Å². The summed E-state index contributed by atoms with van der Waals surface area (Å²) in [5, 5.41) is 0. The van der Waals surface area contributed by atoms with E-state index in [0.717, 1.165) is 12.9 Å². The molecule has 2 N–H and O–H groups in total. The number of hydrogen-bond donors (Lipinski definition) is 2. The molecule has 1 rings (SSSR count). The molecule has 2 unspecified atom stereocenters. The molecule has 0 spiro atoms. The third-order valence-corrected chi connectivity index (χ3v) is 6.06. The molecule has 1 saturated carbocycles. The van der Waals surface area contributed by atoms with Crippen molar-refractivity contribution in [1.29, 1.82) is 0 Å². The van der Waals surface area contributed by atoms with Gasteiger partial charge in [-0.15, -0.1) is 0 Å². The van der Waals surface area contributed by atoms with Crippen molar-refractivity contribution in [1.82, 2.24) is 0 Å². The van der Waals surface area contributed by atoms with Gasteiger partial charge in [-0.25, -0.2) is 0 Å². The van der Waals surface area contributed by atoms with Crippen LogP contribution in [0.3, 0.4) is 0 Å². The van der Waals surface area contributed by atoms with E-state index in [9.17, 15) is 14.4 Å². The second-order valence-electron chi connectivity index (χ2n) is 4.81. The molecule has 0 saturated heterocycles. The van der Waals surface area contributed by atoms with Gasteiger partial charge in [-0.3, -0.25) is 4.57 Å². The minimum atomic E-state index is -3.79. The summed E-state index contributed by atoms with van der Waals surface area (Å²) in [6, 6.07) is 0. The Labute approximate surface area is 137 Å². The maximum atomic E-state index is 11.5. The quantitative estimate of drug-likeness (QED) is 0.495. The van der Waals surface area contributed by atoms with Gasteiger partial charge in [0.05, 0.1) is 26.7 Å². The molecule has 1 fully saturated rings. The first-order valence-corrected chi connectivity index (χ1v) is 10.9. The summed E-state index contributed by atoms with van der Waals surface area (Å²) in [6.45, 7) is -1.53. The molecule has 0 aromatic rings. The average Bonchev–Trinajstić information content (AvgIpc) is 2.71. The molecule has 7 nitrogen and oxygen atoms in total. The van der Waals surface area contributed by atoms with Crippen LogP contribution in [0.2, 0.25) is 5.82 Å². The standard InChI is InChI=1S/C11H21BO7P2S/c1-4-18-21(15,22)19-10-8(5-6-20(13,14)17-3)7-9(12)11(10)16-2/h5-6,8-11H,4,7H2,1-3H3,(H,13,14)(H,15,22)/b6-5+/t8-,9+,10+,11-,21?/m0/s1. The van der Waals surface area contributed by atoms with E-state index in [1.165, 1.54) is 13.2 Å². The van der Waals surface area contributed by atoms with Crippen molar-refractivity contribution in [3.05, 3.63) is 11.9 Å². The van der Waals surface area contributed by atoms with Crippen molar-refractivity contribution in [2.24, 2.45) is 5.92 Å². The SMILES string of the molecule is [B][C@@H]1C[C@H](/C=C/P(=O)(O)OC)[C@@H](OP(O)(=S)OCC)[C@H]1OC. The van der Waals surface area contributed by atoms with Crippen LogP contribution in [0.15, 0.2) is 11.9 Å². The second kappa shape index (κ2) is 8.52. The first kappa shape index (κ1) is 20.5. The van der Waals surface area contributed by atoms with Crippen molar-refractivity contribution in [2.45, 2.75) is 31.4 Å². The largest absolute Gasteiger partial charge is 0.379 e. The van der Waals surface area contributed by atoms with Crippen LogP contribution >= 0.6 is 14.3 Å². The molecule has 126 valence electrons. The summed E-state index contributed by atoms with van der Waals surface area (Å²) in [4.78, 5) is 19.4. The van der Waals surface area contributed by atoms with E-state index in [1.54, 1.807) is 6.92 Å². The highest BCUT2D eigenvalue weighted by atomic mass is 32.5. The van der Waals surface area contributed by atoms with Gasteiger partial charge in [-0.1, -0.05) is 6.08 Å². The molecule has 11 heteroatoms. The molecule has 22 heavy (non-hydrogen) atoms. The summed E-state index contributed by atoms with van der Waals surface area (Å²) in [5.41, 5.74) is 0. The number of ether oxygens (including phenoxy) is 1. The van der Waals surface area contributed by atoms with Crippen LogP contribution in [0.1, 0.15) is 13.3 Å². The fourth-order valence-corrected chi connectivity index (χ4v) is 4.48. The highest BCUT2D eigenvalue weighted by molar-refractivity contribution is 8.07. The molecule has 0 bridgehead atoms. The lowest BCUT2D eigenvalue weighted by molar-refractivity contribution is 0.00384. The molecule has 0 aromatic carbocycles. The predicted molar refractivity (Wildman–Crippen MR) is 87.4 cm³/mol. The Morgan fingerprint density at radius 1 is 1.36 bits per heavy atom. The molecular formula is C11H21BO7P2S. The summed E-state index contributed by atoms with van der Waals surface area (Å²) in [6.07, 6.45) is 0.751. The maximum absolute atomic E-state index is 11.5. The molecule has 0 aliphatic heterocycles. The van der Waals surface area contributed by atoms with E-state index < -0.39 is 26.5 Å². The van der Waals surface area contributed by atoms with Gasteiger partial charge in [-0.05, 0) is 31.0 Å². The lowest BCUT2D eigenvalue weighted by Gasteiger charge is -2.27. The summed E-state index contributed by atoms with van der Waals surface area (Å²) >= 11 is 4.92. The average molecular weight is 370 g/mol. The van der Waals surface area contributed by atoms with Crippen LogP contribution in [0, 0.1) is 5.92 Å². The third kappa shape index (κ3) is 5.82. The Balaban J connectivity index is 2.94. The summed E-state index contributed by atoms with van der Waals surface area (Å²) in [7, 11) is 4.81. The summed E-state index contributed by atoms with van der Waals surface area (Å²) < 4.78 is 31.9. The first-order chi connectivity index (χ1) is 10.2. The predicted octanol–water partition coefficient (Wildman–Crippen LogP) is 1.96. The molecule has 2 radical (unpaired) electrons. The first-order valence-electron chi connectivity index (χ1n) is 6.67. The number of methoxy groups -OCH3 is 1. The smallest absolute Gasteiger partial charge is 0.351 e. The molecule has 1 aliphatic carbocycles. The second-order valence-corrected chi connectivity index (χ2v) is 9.39. The van der Waals surface area contributed by atoms with Crippen molar-refractivity contribution in [3.8, 4) is 0 Å². The van der Waals surface area contributed by atoms with Gasteiger partial charge in [0.1, 0.15) is 0 Å². The fraction of sp³-hybridized carbons (Fsp3) is 0.818. The zero-order valence-electron chi connectivity index (χ0n) is 12.7. The van der Waals surface area contributed by atoms with Crippen LogP contribution in [-0.4, -0.2) is 50.7 Å². The molecule has 0 heterocycles. The van der Waals surface area contributed by atoms with E-state index in [0.29, 0.717) is 6.42 Å². The molecule has 0 aromatic heterocycles. The van der Waals surface area contributed by atoms with Crippen LogP contribution in [0.25, 0.3) is 0 Å². The molecule has 0 amide bonds. The zero-order valence-corrected chi connectivity index (χ0v) is 15.3. The number of rotatable bonds is 8. The molecular weight excluding hydrogens is 349 g/mol. The lowest BCUT2D eigenvalue weighted by atomic mass is 9.83. The van der Waals surface area contributed by atoms with Crippen molar-refractivity contribution in [3.63, 3.8) is 0 Å². The molecule has 1 aliphatic rings. The van der Waals surface area contributed by atoms with Crippen molar-refractivity contribution >= 4 is 34.0 Å².